The van der Waals surface area contributed by atoms with Gasteiger partial charge in [-0.15, -0.1) is 0 Å². The number of nitrogens with two attached hydrogens (primary N) is 1. The lowest BCUT2D eigenvalue weighted by molar-refractivity contribution is 0.699. The molecule has 1 aliphatic rings. The standard InChI is InChI=1S/C12H21N3/c1-15-9-11(10-5-2-3-6-10)12(14-15)7-4-8-13/h9-10H,2-8,13H2,1H3. The van der Waals surface area contributed by atoms with Crippen molar-refractivity contribution in [1.29, 1.82) is 0 Å². The molecule has 0 atom stereocenters. The molecule has 2 N–H and O–H groups in total. The Bertz CT molecular complexity index is 311. The third-order valence-corrected chi connectivity index (χ3v) is 3.35. The predicted molar refractivity (Wildman–Crippen MR) is 61.8 cm³/mol. The first-order chi connectivity index (χ1) is 7.31. The van der Waals surface area contributed by atoms with Crippen molar-refractivity contribution in [3.8, 4) is 0 Å². The summed E-state index contributed by atoms with van der Waals surface area (Å²) in [5.74, 6) is 0.770. The molecule has 0 bridgehead atoms. The molecule has 0 aliphatic heterocycles. The van der Waals surface area contributed by atoms with E-state index in [4.69, 9.17) is 5.73 Å². The highest BCUT2D eigenvalue weighted by atomic mass is 15.2. The van der Waals surface area contributed by atoms with Crippen LogP contribution in [0.5, 0.6) is 0 Å². The van der Waals surface area contributed by atoms with E-state index in [0.29, 0.717) is 0 Å². The van der Waals surface area contributed by atoms with Crippen LogP contribution in [0.4, 0.5) is 0 Å². The normalized spacial score (nSPS) is 17.5. The summed E-state index contributed by atoms with van der Waals surface area (Å²) in [5.41, 5.74) is 8.33. The summed E-state index contributed by atoms with van der Waals surface area (Å²) in [6.07, 6.45) is 9.77. The van der Waals surface area contributed by atoms with E-state index < -0.39 is 0 Å². The number of aromatic nitrogens is 2. The van der Waals surface area contributed by atoms with Crippen molar-refractivity contribution in [3.05, 3.63) is 17.5 Å². The van der Waals surface area contributed by atoms with E-state index in [1.165, 1.54) is 36.9 Å². The molecular weight excluding hydrogens is 186 g/mol. The molecule has 3 heteroatoms. The van der Waals surface area contributed by atoms with Gasteiger partial charge in [0.15, 0.2) is 0 Å². The average Bonchev–Trinajstić information content (AvgIpc) is 2.83. The molecule has 15 heavy (non-hydrogen) atoms. The maximum Gasteiger partial charge on any atom is 0.0659 e. The highest BCUT2D eigenvalue weighted by molar-refractivity contribution is 5.23. The average molecular weight is 207 g/mol. The monoisotopic (exact) mass is 207 g/mol. The smallest absolute Gasteiger partial charge is 0.0659 e. The van der Waals surface area contributed by atoms with Gasteiger partial charge >= 0.3 is 0 Å². The minimum absolute atomic E-state index is 0.765. The van der Waals surface area contributed by atoms with Crippen molar-refractivity contribution < 1.29 is 0 Å². The van der Waals surface area contributed by atoms with E-state index in [1.807, 2.05) is 11.7 Å². The van der Waals surface area contributed by atoms with Gasteiger partial charge in [-0.25, -0.2) is 0 Å². The second kappa shape index (κ2) is 4.79. The number of rotatable bonds is 4. The Morgan fingerprint density at radius 1 is 1.47 bits per heavy atom. The van der Waals surface area contributed by atoms with Crippen LogP contribution in [-0.4, -0.2) is 16.3 Å². The van der Waals surface area contributed by atoms with Gasteiger partial charge in [-0.3, -0.25) is 4.68 Å². The molecule has 0 amide bonds. The van der Waals surface area contributed by atoms with Crippen molar-refractivity contribution >= 4 is 0 Å². The third kappa shape index (κ3) is 2.40. The molecule has 1 aliphatic carbocycles. The Kier molecular flexibility index (Phi) is 3.41. The fraction of sp³-hybridized carbons (Fsp3) is 0.750. The molecule has 1 aromatic heterocycles. The van der Waals surface area contributed by atoms with Crippen LogP contribution in [0.1, 0.15) is 49.3 Å². The van der Waals surface area contributed by atoms with Crippen LogP contribution in [0, 0.1) is 0 Å². The molecular formula is C12H21N3. The molecule has 1 aromatic rings. The van der Waals surface area contributed by atoms with Crippen LogP contribution in [0.25, 0.3) is 0 Å². The van der Waals surface area contributed by atoms with Crippen LogP contribution >= 0.6 is 0 Å². The largest absolute Gasteiger partial charge is 0.330 e. The van der Waals surface area contributed by atoms with Crippen molar-refractivity contribution in [2.75, 3.05) is 6.54 Å². The first-order valence-corrected chi connectivity index (χ1v) is 6.03. The zero-order chi connectivity index (χ0) is 10.7. The van der Waals surface area contributed by atoms with E-state index in [2.05, 4.69) is 11.3 Å². The topological polar surface area (TPSA) is 43.8 Å². The van der Waals surface area contributed by atoms with Crippen molar-refractivity contribution in [2.45, 2.75) is 44.4 Å². The zero-order valence-electron chi connectivity index (χ0n) is 9.58. The van der Waals surface area contributed by atoms with Crippen molar-refractivity contribution in [3.63, 3.8) is 0 Å². The van der Waals surface area contributed by atoms with Crippen LogP contribution in [0.15, 0.2) is 6.20 Å². The van der Waals surface area contributed by atoms with Crippen LogP contribution in [-0.2, 0) is 13.5 Å². The Morgan fingerprint density at radius 3 is 2.87 bits per heavy atom. The maximum absolute atomic E-state index is 5.55. The SMILES string of the molecule is Cn1cc(C2CCCC2)c(CCCN)n1. The van der Waals surface area contributed by atoms with Crippen LogP contribution in [0.2, 0.25) is 0 Å². The molecule has 0 aromatic carbocycles. The number of aryl methyl sites for hydroxylation is 2. The zero-order valence-corrected chi connectivity index (χ0v) is 9.58. The predicted octanol–water partition coefficient (Wildman–Crippen LogP) is 1.97. The molecule has 3 nitrogen and oxygen atoms in total. The summed E-state index contributed by atoms with van der Waals surface area (Å²) in [4.78, 5) is 0. The molecule has 0 unspecified atom stereocenters. The Balaban J connectivity index is 2.13. The summed E-state index contributed by atoms with van der Waals surface area (Å²) in [7, 11) is 2.02. The van der Waals surface area contributed by atoms with Crippen LogP contribution < -0.4 is 5.73 Å². The van der Waals surface area contributed by atoms with Gasteiger partial charge in [-0.2, -0.15) is 5.10 Å². The van der Waals surface area contributed by atoms with Crippen LogP contribution in [0.3, 0.4) is 0 Å². The molecule has 1 fully saturated rings. The van der Waals surface area contributed by atoms with Crippen molar-refractivity contribution in [2.24, 2.45) is 12.8 Å². The fourth-order valence-corrected chi connectivity index (χ4v) is 2.59. The van der Waals surface area contributed by atoms with E-state index in [-0.39, 0.29) is 0 Å². The van der Waals surface area contributed by atoms with Gasteiger partial charge in [0.1, 0.15) is 0 Å². The Hall–Kier alpha value is -0.830. The maximum atomic E-state index is 5.55. The minimum atomic E-state index is 0.765. The minimum Gasteiger partial charge on any atom is -0.330 e. The van der Waals surface area contributed by atoms with E-state index in [0.717, 1.165) is 25.3 Å². The number of nitrogens with zero attached hydrogens (tertiary/aromatic N) is 2. The molecule has 0 spiro atoms. The molecule has 0 radical (unpaired) electrons. The lowest BCUT2D eigenvalue weighted by atomic mass is 9.96. The summed E-state index contributed by atoms with van der Waals surface area (Å²) in [5, 5.41) is 4.55. The molecule has 2 rings (SSSR count). The Labute approximate surface area is 91.7 Å². The molecule has 0 saturated heterocycles. The molecule has 84 valence electrons. The summed E-state index contributed by atoms with van der Waals surface area (Å²) >= 11 is 0. The lowest BCUT2D eigenvalue weighted by Crippen LogP contribution is -2.03. The van der Waals surface area contributed by atoms with Gasteiger partial charge in [0.25, 0.3) is 0 Å². The number of hydrogen-bond donors (Lipinski definition) is 1. The van der Waals surface area contributed by atoms with Gasteiger partial charge in [-0.1, -0.05) is 12.8 Å². The quantitative estimate of drug-likeness (QED) is 0.820. The van der Waals surface area contributed by atoms with Gasteiger partial charge in [0.05, 0.1) is 5.69 Å². The highest BCUT2D eigenvalue weighted by Gasteiger charge is 2.21. The second-order valence-corrected chi connectivity index (χ2v) is 4.58. The van der Waals surface area contributed by atoms with E-state index in [1.54, 1.807) is 0 Å². The van der Waals surface area contributed by atoms with Gasteiger partial charge in [0, 0.05) is 13.2 Å². The van der Waals surface area contributed by atoms with Gasteiger partial charge in [-0.05, 0) is 43.7 Å². The second-order valence-electron chi connectivity index (χ2n) is 4.58. The fourth-order valence-electron chi connectivity index (χ4n) is 2.59. The van der Waals surface area contributed by atoms with E-state index >= 15 is 0 Å². The number of hydrogen-bond acceptors (Lipinski definition) is 2. The third-order valence-electron chi connectivity index (χ3n) is 3.35. The first-order valence-electron chi connectivity index (χ1n) is 6.03. The van der Waals surface area contributed by atoms with Gasteiger partial charge < -0.3 is 5.73 Å². The summed E-state index contributed by atoms with van der Waals surface area (Å²) in [6, 6.07) is 0. The first kappa shape index (κ1) is 10.7. The molecule has 1 heterocycles. The van der Waals surface area contributed by atoms with Crippen molar-refractivity contribution in [1.82, 2.24) is 9.78 Å². The lowest BCUT2D eigenvalue weighted by Gasteiger charge is -2.08. The highest BCUT2D eigenvalue weighted by Crippen LogP contribution is 2.35. The van der Waals surface area contributed by atoms with Gasteiger partial charge in [0.2, 0.25) is 0 Å². The summed E-state index contributed by atoms with van der Waals surface area (Å²) < 4.78 is 1.96. The Morgan fingerprint density at radius 2 is 2.20 bits per heavy atom. The van der Waals surface area contributed by atoms with E-state index in [9.17, 15) is 0 Å². The summed E-state index contributed by atoms with van der Waals surface area (Å²) in [6.45, 7) is 0.765. The molecule has 1 saturated carbocycles.